The number of nitrogens with one attached hydrogen (secondary N) is 1. The van der Waals surface area contributed by atoms with E-state index >= 15 is 0 Å². The Morgan fingerprint density at radius 2 is 1.88 bits per heavy atom. The second-order valence-corrected chi connectivity index (χ2v) is 8.82. The SMILES string of the molecule is CCCCc1nc2c(N)nnc(OC(C)C)c2n1Cc1cccc(CN2CCNCC2)c1. The van der Waals surface area contributed by atoms with Crippen molar-refractivity contribution < 1.29 is 4.74 Å². The Hall–Kier alpha value is -2.71. The van der Waals surface area contributed by atoms with Crippen molar-refractivity contribution in [3.63, 3.8) is 0 Å². The summed E-state index contributed by atoms with van der Waals surface area (Å²) < 4.78 is 8.22. The van der Waals surface area contributed by atoms with Gasteiger partial charge in [0.25, 0.3) is 5.88 Å². The fourth-order valence-corrected chi connectivity index (χ4v) is 4.22. The van der Waals surface area contributed by atoms with Crippen LogP contribution in [-0.2, 0) is 19.5 Å². The van der Waals surface area contributed by atoms with E-state index in [9.17, 15) is 0 Å². The molecule has 2 aromatic heterocycles. The van der Waals surface area contributed by atoms with Crippen LogP contribution in [0.4, 0.5) is 5.82 Å². The molecule has 3 N–H and O–H groups in total. The molecule has 1 aromatic carbocycles. The molecule has 3 heterocycles. The van der Waals surface area contributed by atoms with E-state index in [1.165, 1.54) is 11.1 Å². The second kappa shape index (κ2) is 10.3. The fourth-order valence-electron chi connectivity index (χ4n) is 4.22. The molecule has 0 saturated carbocycles. The quantitative estimate of drug-likeness (QED) is 0.531. The summed E-state index contributed by atoms with van der Waals surface area (Å²) in [6.07, 6.45) is 3.03. The second-order valence-electron chi connectivity index (χ2n) is 8.82. The topological polar surface area (TPSA) is 94.1 Å². The average Bonchev–Trinajstić information content (AvgIpc) is 3.14. The molecule has 3 aromatic rings. The molecular formula is C24H35N7O. The normalized spacial score (nSPS) is 15.0. The first-order valence-electron chi connectivity index (χ1n) is 11.7. The summed E-state index contributed by atoms with van der Waals surface area (Å²) in [5.74, 6) is 1.85. The maximum Gasteiger partial charge on any atom is 0.260 e. The van der Waals surface area contributed by atoms with Crippen LogP contribution in [0.25, 0.3) is 11.0 Å². The van der Waals surface area contributed by atoms with Crippen molar-refractivity contribution in [2.24, 2.45) is 0 Å². The van der Waals surface area contributed by atoms with Gasteiger partial charge in [-0.2, -0.15) is 0 Å². The van der Waals surface area contributed by atoms with E-state index in [1.807, 2.05) is 13.8 Å². The van der Waals surface area contributed by atoms with Gasteiger partial charge in [-0.15, -0.1) is 10.2 Å². The minimum atomic E-state index is -0.0130. The highest BCUT2D eigenvalue weighted by atomic mass is 16.5. The van der Waals surface area contributed by atoms with Gasteiger partial charge in [-0.3, -0.25) is 4.90 Å². The standard InChI is InChI=1S/C24H35N7O/c1-4-5-9-20-27-21-22(24(32-17(2)3)29-28-23(21)25)31(20)16-19-8-6-7-18(14-19)15-30-12-10-26-11-13-30/h6-8,14,17,26H,4-5,9-13,15-16H2,1-3H3,(H2,25,28). The first kappa shape index (κ1) is 22.5. The number of piperazine rings is 1. The average molecular weight is 438 g/mol. The molecule has 1 fully saturated rings. The Labute approximate surface area is 190 Å². The molecule has 1 aliphatic rings. The van der Waals surface area contributed by atoms with Crippen molar-refractivity contribution in [2.45, 2.75) is 59.2 Å². The van der Waals surface area contributed by atoms with Crippen LogP contribution >= 0.6 is 0 Å². The smallest absolute Gasteiger partial charge is 0.260 e. The van der Waals surface area contributed by atoms with Crippen molar-refractivity contribution >= 4 is 16.9 Å². The van der Waals surface area contributed by atoms with Crippen molar-refractivity contribution in [1.82, 2.24) is 30.0 Å². The third kappa shape index (κ3) is 5.19. The van der Waals surface area contributed by atoms with Crippen molar-refractivity contribution in [2.75, 3.05) is 31.9 Å². The van der Waals surface area contributed by atoms with Crippen LogP contribution in [0.2, 0.25) is 0 Å². The summed E-state index contributed by atoms with van der Waals surface area (Å²) in [7, 11) is 0. The van der Waals surface area contributed by atoms with E-state index in [0.29, 0.717) is 23.8 Å². The van der Waals surface area contributed by atoms with Gasteiger partial charge < -0.3 is 20.4 Å². The minimum Gasteiger partial charge on any atom is -0.472 e. The zero-order valence-electron chi connectivity index (χ0n) is 19.5. The third-order valence-electron chi connectivity index (χ3n) is 5.79. The molecule has 1 aliphatic heterocycles. The Morgan fingerprint density at radius 1 is 1.12 bits per heavy atom. The highest BCUT2D eigenvalue weighted by Crippen LogP contribution is 2.29. The summed E-state index contributed by atoms with van der Waals surface area (Å²) in [6.45, 7) is 12.1. The lowest BCUT2D eigenvalue weighted by molar-refractivity contribution is 0.232. The summed E-state index contributed by atoms with van der Waals surface area (Å²) in [4.78, 5) is 7.37. The van der Waals surface area contributed by atoms with E-state index in [0.717, 1.165) is 63.3 Å². The van der Waals surface area contributed by atoms with Gasteiger partial charge in [-0.05, 0) is 31.4 Å². The number of fused-ring (bicyclic) bond motifs is 1. The summed E-state index contributed by atoms with van der Waals surface area (Å²) in [5, 5.41) is 11.8. The molecule has 1 saturated heterocycles. The highest BCUT2D eigenvalue weighted by molar-refractivity contribution is 5.88. The lowest BCUT2D eigenvalue weighted by Gasteiger charge is -2.27. The van der Waals surface area contributed by atoms with Crippen LogP contribution in [0.5, 0.6) is 5.88 Å². The van der Waals surface area contributed by atoms with Gasteiger partial charge in [-0.1, -0.05) is 37.6 Å². The van der Waals surface area contributed by atoms with Gasteiger partial charge in [0, 0.05) is 45.7 Å². The van der Waals surface area contributed by atoms with Crippen LogP contribution in [0.1, 0.15) is 50.6 Å². The number of aryl methyl sites for hydroxylation is 1. The largest absolute Gasteiger partial charge is 0.472 e. The molecular weight excluding hydrogens is 402 g/mol. The molecule has 4 rings (SSSR count). The van der Waals surface area contributed by atoms with Crippen molar-refractivity contribution in [1.29, 1.82) is 0 Å². The zero-order valence-corrected chi connectivity index (χ0v) is 19.5. The summed E-state index contributed by atoms with van der Waals surface area (Å²) in [6, 6.07) is 8.85. The number of hydrogen-bond acceptors (Lipinski definition) is 7. The van der Waals surface area contributed by atoms with Gasteiger partial charge >= 0.3 is 0 Å². The molecule has 0 radical (unpaired) electrons. The summed E-state index contributed by atoms with van der Waals surface area (Å²) >= 11 is 0. The zero-order chi connectivity index (χ0) is 22.5. The molecule has 0 amide bonds. The number of hydrogen-bond donors (Lipinski definition) is 2. The molecule has 0 aliphatic carbocycles. The van der Waals surface area contributed by atoms with Gasteiger partial charge in [-0.25, -0.2) is 4.98 Å². The van der Waals surface area contributed by atoms with Crippen LogP contribution in [0.15, 0.2) is 24.3 Å². The lowest BCUT2D eigenvalue weighted by atomic mass is 10.1. The molecule has 32 heavy (non-hydrogen) atoms. The van der Waals surface area contributed by atoms with Gasteiger partial charge in [0.1, 0.15) is 16.9 Å². The number of unbranched alkanes of at least 4 members (excludes halogenated alkanes) is 1. The number of nitrogens with two attached hydrogens (primary N) is 1. The predicted octanol–water partition coefficient (Wildman–Crippen LogP) is 2.99. The number of nitrogen functional groups attached to an aromatic ring is 1. The lowest BCUT2D eigenvalue weighted by Crippen LogP contribution is -2.42. The van der Waals surface area contributed by atoms with Gasteiger partial charge in [0.15, 0.2) is 5.82 Å². The van der Waals surface area contributed by atoms with Gasteiger partial charge in [0.05, 0.1) is 6.10 Å². The summed E-state index contributed by atoms with van der Waals surface area (Å²) in [5.41, 5.74) is 10.3. The van der Waals surface area contributed by atoms with Crippen LogP contribution in [-0.4, -0.2) is 56.9 Å². The number of imidazole rings is 1. The Balaban J connectivity index is 1.69. The third-order valence-corrected chi connectivity index (χ3v) is 5.79. The molecule has 8 heteroatoms. The maximum atomic E-state index is 6.17. The van der Waals surface area contributed by atoms with E-state index in [2.05, 4.69) is 56.2 Å². The maximum absolute atomic E-state index is 6.17. The van der Waals surface area contributed by atoms with E-state index in [4.69, 9.17) is 15.5 Å². The van der Waals surface area contributed by atoms with E-state index in [1.54, 1.807) is 0 Å². The van der Waals surface area contributed by atoms with Crippen LogP contribution < -0.4 is 15.8 Å². The first-order chi connectivity index (χ1) is 15.5. The first-order valence-corrected chi connectivity index (χ1v) is 11.7. The van der Waals surface area contributed by atoms with Crippen molar-refractivity contribution in [3.05, 3.63) is 41.2 Å². The van der Waals surface area contributed by atoms with E-state index < -0.39 is 0 Å². The Bertz CT molecular complexity index is 1040. The number of rotatable bonds is 9. The number of benzene rings is 1. The molecule has 0 spiro atoms. The fraction of sp³-hybridized carbons (Fsp3) is 0.542. The Morgan fingerprint density at radius 3 is 2.59 bits per heavy atom. The number of ether oxygens (including phenoxy) is 1. The van der Waals surface area contributed by atoms with Crippen LogP contribution in [0, 0.1) is 0 Å². The number of aromatic nitrogens is 4. The molecule has 8 nitrogen and oxygen atoms in total. The minimum absolute atomic E-state index is 0.0130. The van der Waals surface area contributed by atoms with Crippen LogP contribution in [0.3, 0.4) is 0 Å². The van der Waals surface area contributed by atoms with Crippen molar-refractivity contribution in [3.8, 4) is 5.88 Å². The number of anilines is 1. The van der Waals surface area contributed by atoms with Gasteiger partial charge in [0.2, 0.25) is 0 Å². The predicted molar refractivity (Wildman–Crippen MR) is 128 cm³/mol. The molecule has 0 atom stereocenters. The molecule has 172 valence electrons. The molecule has 0 unspecified atom stereocenters. The van der Waals surface area contributed by atoms with E-state index in [-0.39, 0.29) is 6.10 Å². The monoisotopic (exact) mass is 437 g/mol. The Kier molecular flexibility index (Phi) is 7.22. The highest BCUT2D eigenvalue weighted by Gasteiger charge is 2.20. The number of nitrogens with zero attached hydrogens (tertiary/aromatic N) is 5. The molecule has 0 bridgehead atoms.